The molecule has 188 valence electrons. The molecule has 2 saturated heterocycles. The van der Waals surface area contributed by atoms with E-state index in [4.69, 9.17) is 9.97 Å². The van der Waals surface area contributed by atoms with Crippen molar-refractivity contribution in [3.8, 4) is 0 Å². The number of H-pyrrole nitrogens is 1. The van der Waals surface area contributed by atoms with Crippen LogP contribution in [0.3, 0.4) is 0 Å². The van der Waals surface area contributed by atoms with E-state index in [1.165, 1.54) is 36.9 Å². The third-order valence-electron chi connectivity index (χ3n) is 8.77. The monoisotopic (exact) mass is 477 g/mol. The summed E-state index contributed by atoms with van der Waals surface area (Å²) in [5.74, 6) is 3.16. The molecule has 1 amide bonds. The van der Waals surface area contributed by atoms with Crippen LogP contribution in [0.25, 0.3) is 0 Å². The van der Waals surface area contributed by atoms with Crippen LogP contribution in [0, 0.1) is 5.41 Å². The van der Waals surface area contributed by atoms with Gasteiger partial charge in [-0.15, -0.1) is 0 Å². The van der Waals surface area contributed by atoms with Crippen molar-refractivity contribution in [2.24, 2.45) is 5.41 Å². The van der Waals surface area contributed by atoms with Crippen LogP contribution in [0.15, 0.2) is 6.20 Å². The van der Waals surface area contributed by atoms with Crippen LogP contribution >= 0.6 is 0 Å². The maximum absolute atomic E-state index is 13.5. The fourth-order valence-electron chi connectivity index (χ4n) is 6.41. The average molecular weight is 478 g/mol. The first-order valence-electron chi connectivity index (χ1n) is 13.7. The zero-order valence-electron chi connectivity index (χ0n) is 21.3. The lowest BCUT2D eigenvalue weighted by molar-refractivity contribution is -0.134. The Bertz CT molecular complexity index is 1080. The van der Waals surface area contributed by atoms with Crippen molar-refractivity contribution < 1.29 is 4.79 Å². The Hall–Kier alpha value is -2.64. The number of hydrogen-bond donors (Lipinski definition) is 2. The lowest BCUT2D eigenvalue weighted by Crippen LogP contribution is -2.50. The quantitative estimate of drug-likeness (QED) is 0.648. The Labute approximate surface area is 208 Å². The Morgan fingerprint density at radius 1 is 1.03 bits per heavy atom. The van der Waals surface area contributed by atoms with Gasteiger partial charge in [0.1, 0.15) is 11.9 Å². The number of fused-ring (bicyclic) bond motifs is 1. The first-order chi connectivity index (χ1) is 17.0. The molecule has 2 N–H and O–H groups in total. The van der Waals surface area contributed by atoms with Crippen molar-refractivity contribution in [1.82, 2.24) is 24.8 Å². The molecule has 0 unspecified atom stereocenters. The van der Waals surface area contributed by atoms with Gasteiger partial charge in [0.05, 0.1) is 11.9 Å². The number of aryl methyl sites for hydroxylation is 1. The Morgan fingerprint density at radius 3 is 2.63 bits per heavy atom. The van der Waals surface area contributed by atoms with E-state index in [9.17, 15) is 4.79 Å². The van der Waals surface area contributed by atoms with Crippen LogP contribution in [0.1, 0.15) is 94.5 Å². The second-order valence-electron chi connectivity index (χ2n) is 11.8. The molecule has 8 nitrogen and oxygen atoms in total. The zero-order valence-corrected chi connectivity index (χ0v) is 21.3. The van der Waals surface area contributed by atoms with Gasteiger partial charge in [0.25, 0.3) is 0 Å². The number of carbonyl (C=O) groups excluding carboxylic acids is 1. The van der Waals surface area contributed by atoms with Gasteiger partial charge >= 0.3 is 0 Å². The van der Waals surface area contributed by atoms with E-state index in [0.29, 0.717) is 17.3 Å². The number of nitrogens with zero attached hydrogens (tertiary/aromatic N) is 5. The summed E-state index contributed by atoms with van der Waals surface area (Å²) in [6, 6.07) is -0.152. The van der Waals surface area contributed by atoms with Gasteiger partial charge in [-0.1, -0.05) is 26.7 Å². The van der Waals surface area contributed by atoms with Gasteiger partial charge in [-0.25, -0.2) is 9.97 Å². The van der Waals surface area contributed by atoms with E-state index in [0.717, 1.165) is 82.0 Å². The minimum atomic E-state index is -0.152. The Morgan fingerprint density at radius 2 is 1.83 bits per heavy atom. The molecule has 2 aliphatic heterocycles. The van der Waals surface area contributed by atoms with Gasteiger partial charge in [-0.2, -0.15) is 4.98 Å². The van der Waals surface area contributed by atoms with Crippen molar-refractivity contribution in [3.05, 3.63) is 23.1 Å². The number of nitrogens with one attached hydrogen (secondary N) is 2. The maximum atomic E-state index is 13.5. The number of anilines is 3. The largest absolute Gasteiger partial charge is 0.341 e. The van der Waals surface area contributed by atoms with Gasteiger partial charge in [-0.05, 0) is 63.2 Å². The molecule has 0 radical (unpaired) electrons. The number of aromatic nitrogens is 4. The van der Waals surface area contributed by atoms with E-state index in [2.05, 4.69) is 38.9 Å². The smallest absolute Gasteiger partial charge is 0.245 e. The topological polar surface area (TPSA) is 90.0 Å². The number of imidazole rings is 1. The molecule has 1 atom stereocenters. The van der Waals surface area contributed by atoms with Gasteiger partial charge in [0.15, 0.2) is 0 Å². The average Bonchev–Trinajstić information content (AvgIpc) is 3.65. The molecule has 3 fully saturated rings. The fourth-order valence-corrected chi connectivity index (χ4v) is 6.41. The summed E-state index contributed by atoms with van der Waals surface area (Å²) in [4.78, 5) is 35.9. The van der Waals surface area contributed by atoms with Crippen LogP contribution in [0.2, 0.25) is 0 Å². The van der Waals surface area contributed by atoms with E-state index in [1.54, 1.807) is 0 Å². The number of rotatable bonds is 5. The van der Waals surface area contributed by atoms with E-state index < -0.39 is 0 Å². The molecular formula is C27H39N7O. The van der Waals surface area contributed by atoms with Gasteiger partial charge in [0, 0.05) is 36.8 Å². The molecule has 6 rings (SSSR count). The molecule has 0 bridgehead atoms. The standard InChI is InChI=1S/C27H39N7O/c1-27(2)12-15-33(16-13-27)24(35)22-11-6-14-34(22)26-30-20-10-5-9-19(20)23(32-26)31-25-28-17-21(29-25)18-7-3-4-8-18/h17-18,22H,3-16H2,1-2H3,(H2,28,29,30,31,32)/t22-/m1/s1. The van der Waals surface area contributed by atoms with Gasteiger partial charge in [-0.3, -0.25) is 4.79 Å². The molecule has 4 heterocycles. The minimum Gasteiger partial charge on any atom is -0.341 e. The van der Waals surface area contributed by atoms with Gasteiger partial charge in [0.2, 0.25) is 17.8 Å². The van der Waals surface area contributed by atoms with Crippen LogP contribution in [-0.2, 0) is 17.6 Å². The Balaban J connectivity index is 1.23. The summed E-state index contributed by atoms with van der Waals surface area (Å²) in [5, 5.41) is 3.49. The molecular weight excluding hydrogens is 438 g/mol. The molecule has 1 saturated carbocycles. The van der Waals surface area contributed by atoms with E-state index in [1.807, 2.05) is 6.20 Å². The van der Waals surface area contributed by atoms with E-state index >= 15 is 0 Å². The number of likely N-dealkylation sites (tertiary alicyclic amines) is 1. The number of hydrogen-bond acceptors (Lipinski definition) is 6. The summed E-state index contributed by atoms with van der Waals surface area (Å²) in [5.41, 5.74) is 3.89. The molecule has 2 aromatic rings. The minimum absolute atomic E-state index is 0.152. The van der Waals surface area contributed by atoms with Crippen molar-refractivity contribution in [1.29, 1.82) is 0 Å². The predicted molar refractivity (Wildman–Crippen MR) is 137 cm³/mol. The van der Waals surface area contributed by atoms with Crippen molar-refractivity contribution in [2.45, 2.75) is 96.4 Å². The molecule has 35 heavy (non-hydrogen) atoms. The van der Waals surface area contributed by atoms with Crippen LogP contribution in [0.4, 0.5) is 17.7 Å². The van der Waals surface area contributed by atoms with Crippen LogP contribution in [0.5, 0.6) is 0 Å². The third-order valence-corrected chi connectivity index (χ3v) is 8.77. The van der Waals surface area contributed by atoms with Crippen molar-refractivity contribution >= 4 is 23.6 Å². The van der Waals surface area contributed by atoms with Crippen LogP contribution in [-0.4, -0.2) is 56.4 Å². The molecule has 8 heteroatoms. The van der Waals surface area contributed by atoms with Gasteiger partial charge < -0.3 is 20.1 Å². The molecule has 0 spiro atoms. The number of piperidine rings is 1. The lowest BCUT2D eigenvalue weighted by Gasteiger charge is -2.39. The highest BCUT2D eigenvalue weighted by atomic mass is 16.2. The lowest BCUT2D eigenvalue weighted by atomic mass is 9.82. The maximum Gasteiger partial charge on any atom is 0.245 e. The fraction of sp³-hybridized carbons (Fsp3) is 0.704. The third kappa shape index (κ3) is 4.52. The molecule has 0 aromatic carbocycles. The van der Waals surface area contributed by atoms with Crippen molar-refractivity contribution in [3.63, 3.8) is 0 Å². The zero-order chi connectivity index (χ0) is 24.0. The Kier molecular flexibility index (Phi) is 5.93. The molecule has 2 aliphatic carbocycles. The number of aromatic amines is 1. The summed E-state index contributed by atoms with van der Waals surface area (Å²) in [7, 11) is 0. The second-order valence-corrected chi connectivity index (χ2v) is 11.8. The first-order valence-corrected chi connectivity index (χ1v) is 13.7. The van der Waals surface area contributed by atoms with Crippen LogP contribution < -0.4 is 10.2 Å². The highest BCUT2D eigenvalue weighted by molar-refractivity contribution is 5.85. The summed E-state index contributed by atoms with van der Waals surface area (Å²) >= 11 is 0. The molecule has 2 aromatic heterocycles. The first kappa shape index (κ1) is 22.8. The number of amides is 1. The molecule has 4 aliphatic rings. The highest BCUT2D eigenvalue weighted by Gasteiger charge is 2.38. The second kappa shape index (κ2) is 9.10. The summed E-state index contributed by atoms with van der Waals surface area (Å²) < 4.78 is 0. The summed E-state index contributed by atoms with van der Waals surface area (Å²) in [6.07, 6.45) is 14.2. The van der Waals surface area contributed by atoms with Crippen molar-refractivity contribution in [2.75, 3.05) is 29.9 Å². The highest BCUT2D eigenvalue weighted by Crippen LogP contribution is 2.36. The summed E-state index contributed by atoms with van der Waals surface area (Å²) in [6.45, 7) is 7.16. The predicted octanol–water partition coefficient (Wildman–Crippen LogP) is 4.71. The SMILES string of the molecule is CC1(C)CCN(C(=O)[C@H]2CCCN2c2nc3c(c(Nc4ncc(C5CCCC5)[nH]4)n2)CCC3)CC1. The van der Waals surface area contributed by atoms with E-state index in [-0.39, 0.29) is 11.9 Å². The number of carbonyl (C=O) groups is 1. The normalized spacial score (nSPS) is 24.2.